The summed E-state index contributed by atoms with van der Waals surface area (Å²) in [5.74, 6) is 0.685. The summed E-state index contributed by atoms with van der Waals surface area (Å²) < 4.78 is 0. The van der Waals surface area contributed by atoms with Gasteiger partial charge in [0, 0.05) is 6.04 Å². The summed E-state index contributed by atoms with van der Waals surface area (Å²) >= 11 is 0. The molecule has 1 saturated heterocycles. The van der Waals surface area contributed by atoms with Crippen LogP contribution in [0.25, 0.3) is 0 Å². The molecular weight excluding hydrogens is 150 g/mol. The van der Waals surface area contributed by atoms with Crippen LogP contribution in [0.2, 0.25) is 0 Å². The van der Waals surface area contributed by atoms with Gasteiger partial charge in [-0.05, 0) is 12.8 Å². The molecule has 0 aromatic rings. The van der Waals surface area contributed by atoms with Gasteiger partial charge in [-0.3, -0.25) is 4.79 Å². The highest BCUT2D eigenvalue weighted by Crippen LogP contribution is 2.27. The van der Waals surface area contributed by atoms with Gasteiger partial charge >= 0.3 is 0 Å². The number of fused-ring (bicyclic) bond motifs is 1. The summed E-state index contributed by atoms with van der Waals surface area (Å²) in [5, 5.41) is 3.00. The van der Waals surface area contributed by atoms with Gasteiger partial charge in [0.2, 0.25) is 5.91 Å². The molecule has 0 aromatic heterocycles. The van der Waals surface area contributed by atoms with Crippen LogP contribution in [0.1, 0.15) is 44.9 Å². The maximum atomic E-state index is 11.1. The van der Waals surface area contributed by atoms with Gasteiger partial charge in [-0.1, -0.05) is 32.1 Å². The number of rotatable bonds is 0. The topological polar surface area (TPSA) is 29.1 Å². The van der Waals surface area contributed by atoms with Gasteiger partial charge in [0.25, 0.3) is 0 Å². The van der Waals surface area contributed by atoms with Crippen LogP contribution < -0.4 is 5.32 Å². The Hall–Kier alpha value is -0.530. The number of β-lactam (4-membered cyclic amide) rings is 1. The highest BCUT2D eigenvalue weighted by Gasteiger charge is 2.37. The van der Waals surface area contributed by atoms with Crippen LogP contribution in [0.15, 0.2) is 0 Å². The number of carbonyl (C=O) groups excluding carboxylic acids is 1. The van der Waals surface area contributed by atoms with E-state index in [9.17, 15) is 4.79 Å². The Morgan fingerprint density at radius 2 is 1.67 bits per heavy atom. The molecule has 1 N–H and O–H groups in total. The third kappa shape index (κ3) is 1.47. The van der Waals surface area contributed by atoms with Gasteiger partial charge in [-0.2, -0.15) is 0 Å². The van der Waals surface area contributed by atoms with E-state index < -0.39 is 0 Å². The lowest BCUT2D eigenvalue weighted by molar-refractivity contribution is -0.135. The molecule has 2 heteroatoms. The molecule has 0 radical (unpaired) electrons. The van der Waals surface area contributed by atoms with Crippen LogP contribution >= 0.6 is 0 Å². The molecule has 0 unspecified atom stereocenters. The Kier molecular flexibility index (Phi) is 2.33. The first-order valence-corrected chi connectivity index (χ1v) is 5.18. The van der Waals surface area contributed by atoms with Crippen LogP contribution in [0, 0.1) is 5.92 Å². The molecule has 1 aliphatic carbocycles. The van der Waals surface area contributed by atoms with Gasteiger partial charge in [0.1, 0.15) is 0 Å². The summed E-state index contributed by atoms with van der Waals surface area (Å²) in [7, 11) is 0. The molecule has 2 nitrogen and oxygen atoms in total. The zero-order chi connectivity index (χ0) is 8.39. The second-order valence-electron chi connectivity index (χ2n) is 4.07. The summed E-state index contributed by atoms with van der Waals surface area (Å²) in [6, 6.07) is 0.538. The number of amides is 1. The Morgan fingerprint density at radius 3 is 2.42 bits per heavy atom. The molecule has 1 heterocycles. The minimum Gasteiger partial charge on any atom is -0.352 e. The third-order valence-corrected chi connectivity index (χ3v) is 3.18. The molecule has 1 amide bonds. The van der Waals surface area contributed by atoms with Crippen LogP contribution in [0.4, 0.5) is 0 Å². The van der Waals surface area contributed by atoms with E-state index in [4.69, 9.17) is 0 Å². The maximum absolute atomic E-state index is 11.1. The van der Waals surface area contributed by atoms with Crippen LogP contribution in [0.5, 0.6) is 0 Å². The molecule has 2 rings (SSSR count). The largest absolute Gasteiger partial charge is 0.352 e. The first-order valence-electron chi connectivity index (χ1n) is 5.18. The lowest BCUT2D eigenvalue weighted by Gasteiger charge is -2.36. The normalized spacial score (nSPS) is 36.5. The van der Waals surface area contributed by atoms with E-state index in [1.165, 1.54) is 38.5 Å². The predicted octanol–water partition coefficient (Wildman–Crippen LogP) is 1.85. The molecule has 1 saturated carbocycles. The zero-order valence-electron chi connectivity index (χ0n) is 7.51. The average Bonchev–Trinajstić information content (AvgIpc) is 2.14. The van der Waals surface area contributed by atoms with Crippen molar-refractivity contribution < 1.29 is 4.79 Å². The Bertz CT molecular complexity index is 179. The van der Waals surface area contributed by atoms with Gasteiger partial charge in [0.05, 0.1) is 5.92 Å². The SMILES string of the molecule is O=C1N[C@H]2CCCCCCC[C@@H]12. The minimum atomic E-state index is 0.307. The van der Waals surface area contributed by atoms with Gasteiger partial charge in [-0.25, -0.2) is 0 Å². The lowest BCUT2D eigenvalue weighted by Crippen LogP contribution is -2.57. The van der Waals surface area contributed by atoms with Crippen LogP contribution in [-0.2, 0) is 4.79 Å². The van der Waals surface area contributed by atoms with Crippen LogP contribution in [-0.4, -0.2) is 11.9 Å². The minimum absolute atomic E-state index is 0.307. The average molecular weight is 167 g/mol. The van der Waals surface area contributed by atoms with Crippen molar-refractivity contribution in [1.82, 2.24) is 5.32 Å². The second kappa shape index (κ2) is 3.46. The smallest absolute Gasteiger partial charge is 0.225 e. The maximum Gasteiger partial charge on any atom is 0.225 e. The van der Waals surface area contributed by atoms with Gasteiger partial charge in [0.15, 0.2) is 0 Å². The number of hydrogen-bond acceptors (Lipinski definition) is 1. The van der Waals surface area contributed by atoms with Crippen molar-refractivity contribution in [1.29, 1.82) is 0 Å². The molecule has 0 aromatic carbocycles. The van der Waals surface area contributed by atoms with E-state index >= 15 is 0 Å². The first-order chi connectivity index (χ1) is 5.88. The van der Waals surface area contributed by atoms with Crippen molar-refractivity contribution >= 4 is 5.91 Å². The standard InChI is InChI=1S/C10H17NO/c12-10-8-6-4-2-1-3-5-7-9(8)11-10/h8-9H,1-7H2,(H,11,12)/t8-,9+/m1/s1. The van der Waals surface area contributed by atoms with Crippen molar-refractivity contribution in [3.8, 4) is 0 Å². The van der Waals surface area contributed by atoms with E-state index in [1.807, 2.05) is 0 Å². The Balaban J connectivity index is 1.89. The summed E-state index contributed by atoms with van der Waals surface area (Å²) in [5.41, 5.74) is 0. The number of hydrogen-bond donors (Lipinski definition) is 1. The Labute approximate surface area is 73.7 Å². The quantitative estimate of drug-likeness (QED) is 0.548. The zero-order valence-corrected chi connectivity index (χ0v) is 7.51. The lowest BCUT2D eigenvalue weighted by atomic mass is 9.84. The highest BCUT2D eigenvalue weighted by atomic mass is 16.2. The summed E-state index contributed by atoms with van der Waals surface area (Å²) in [6.07, 6.45) is 8.98. The molecule has 0 spiro atoms. The third-order valence-electron chi connectivity index (χ3n) is 3.18. The van der Waals surface area contributed by atoms with E-state index in [1.54, 1.807) is 0 Å². The fourth-order valence-corrected chi connectivity index (χ4v) is 2.34. The molecule has 68 valence electrons. The highest BCUT2D eigenvalue weighted by molar-refractivity contribution is 5.85. The molecule has 0 bridgehead atoms. The summed E-state index contributed by atoms with van der Waals surface area (Å²) in [6.45, 7) is 0. The molecule has 2 atom stereocenters. The van der Waals surface area contributed by atoms with Crippen molar-refractivity contribution in [2.24, 2.45) is 5.92 Å². The number of carbonyl (C=O) groups is 1. The Morgan fingerprint density at radius 1 is 1.00 bits per heavy atom. The van der Waals surface area contributed by atoms with E-state index in [0.29, 0.717) is 17.9 Å². The summed E-state index contributed by atoms with van der Waals surface area (Å²) in [4.78, 5) is 11.1. The molecule has 2 fully saturated rings. The van der Waals surface area contributed by atoms with Gasteiger partial charge < -0.3 is 5.32 Å². The van der Waals surface area contributed by atoms with Gasteiger partial charge in [-0.15, -0.1) is 0 Å². The monoisotopic (exact) mass is 167 g/mol. The van der Waals surface area contributed by atoms with E-state index in [0.717, 1.165) is 6.42 Å². The van der Waals surface area contributed by atoms with E-state index in [-0.39, 0.29) is 0 Å². The van der Waals surface area contributed by atoms with Crippen molar-refractivity contribution in [2.45, 2.75) is 51.0 Å². The fourth-order valence-electron chi connectivity index (χ4n) is 2.34. The molecule has 12 heavy (non-hydrogen) atoms. The molecule has 2 aliphatic rings. The van der Waals surface area contributed by atoms with E-state index in [2.05, 4.69) is 5.32 Å². The molecule has 1 aliphatic heterocycles. The molecular formula is C10H17NO. The van der Waals surface area contributed by atoms with Crippen molar-refractivity contribution in [3.05, 3.63) is 0 Å². The van der Waals surface area contributed by atoms with Crippen molar-refractivity contribution in [3.63, 3.8) is 0 Å². The number of nitrogens with one attached hydrogen (secondary N) is 1. The second-order valence-corrected chi connectivity index (χ2v) is 4.07. The van der Waals surface area contributed by atoms with Crippen molar-refractivity contribution in [2.75, 3.05) is 0 Å². The first kappa shape index (κ1) is 8.09. The predicted molar refractivity (Wildman–Crippen MR) is 47.7 cm³/mol. The fraction of sp³-hybridized carbons (Fsp3) is 0.900. The van der Waals surface area contributed by atoms with Crippen LogP contribution in [0.3, 0.4) is 0 Å².